The summed E-state index contributed by atoms with van der Waals surface area (Å²) in [6.45, 7) is 4.45. The molecule has 180 valence electrons. The first-order chi connectivity index (χ1) is 15.3. The SMILES string of the molecule is CC(C)NC(=O)C(C)N(Cc1ccc(F)cc1)C(=O)CN(c1cc(Cl)ccc1Cl)S(C)(=O)=O. The minimum absolute atomic E-state index is 0.0350. The van der Waals surface area contributed by atoms with Gasteiger partial charge in [0.25, 0.3) is 0 Å². The highest BCUT2D eigenvalue weighted by atomic mass is 35.5. The lowest BCUT2D eigenvalue weighted by atomic mass is 10.1. The topological polar surface area (TPSA) is 86.8 Å². The highest BCUT2D eigenvalue weighted by Gasteiger charge is 2.31. The number of halogens is 3. The van der Waals surface area contributed by atoms with E-state index in [1.807, 2.05) is 0 Å². The molecule has 7 nitrogen and oxygen atoms in total. The lowest BCUT2D eigenvalue weighted by molar-refractivity contribution is -0.139. The summed E-state index contributed by atoms with van der Waals surface area (Å²) in [5.74, 6) is -1.50. The maximum atomic E-state index is 13.4. The zero-order chi connectivity index (χ0) is 24.9. The van der Waals surface area contributed by atoms with Crippen molar-refractivity contribution in [3.8, 4) is 0 Å². The molecule has 0 aliphatic rings. The number of rotatable bonds is 9. The molecule has 0 aliphatic heterocycles. The smallest absolute Gasteiger partial charge is 0.244 e. The molecule has 2 rings (SSSR count). The van der Waals surface area contributed by atoms with Crippen LogP contribution in [0, 0.1) is 5.82 Å². The van der Waals surface area contributed by atoms with Crippen LogP contribution >= 0.6 is 23.2 Å². The fraction of sp³-hybridized carbons (Fsp3) is 0.364. The number of carbonyl (C=O) groups excluding carboxylic acids is 2. The van der Waals surface area contributed by atoms with E-state index in [0.717, 1.165) is 10.6 Å². The number of carbonyl (C=O) groups is 2. The lowest BCUT2D eigenvalue weighted by Crippen LogP contribution is -2.52. The van der Waals surface area contributed by atoms with Gasteiger partial charge in [0.05, 0.1) is 17.0 Å². The Bertz CT molecular complexity index is 1110. The first-order valence-corrected chi connectivity index (χ1v) is 12.7. The maximum absolute atomic E-state index is 13.4. The standard InChI is InChI=1S/C22H26Cl2FN3O4S/c1-14(2)26-22(30)15(3)27(12-16-5-8-18(25)9-6-16)21(29)13-28(33(4,31)32)20-11-17(23)7-10-19(20)24/h5-11,14-15H,12-13H2,1-4H3,(H,26,30). The number of amides is 2. The van der Waals surface area contributed by atoms with E-state index in [-0.39, 0.29) is 28.3 Å². The molecule has 0 saturated carbocycles. The molecule has 33 heavy (non-hydrogen) atoms. The number of hydrogen-bond donors (Lipinski definition) is 1. The van der Waals surface area contributed by atoms with Gasteiger partial charge in [-0.15, -0.1) is 0 Å². The Morgan fingerprint density at radius 3 is 2.21 bits per heavy atom. The van der Waals surface area contributed by atoms with Crippen molar-refractivity contribution in [1.82, 2.24) is 10.2 Å². The van der Waals surface area contributed by atoms with Crippen LogP contribution in [0.15, 0.2) is 42.5 Å². The largest absolute Gasteiger partial charge is 0.352 e. The molecule has 0 aliphatic carbocycles. The molecule has 2 amide bonds. The second kappa shape index (κ2) is 11.2. The van der Waals surface area contributed by atoms with E-state index in [4.69, 9.17) is 23.2 Å². The predicted octanol–water partition coefficient (Wildman–Crippen LogP) is 3.84. The Morgan fingerprint density at radius 1 is 1.06 bits per heavy atom. The molecule has 0 bridgehead atoms. The number of sulfonamides is 1. The minimum atomic E-state index is -3.94. The molecule has 0 fully saturated rings. The van der Waals surface area contributed by atoms with Crippen molar-refractivity contribution < 1.29 is 22.4 Å². The van der Waals surface area contributed by atoms with Gasteiger partial charge < -0.3 is 10.2 Å². The van der Waals surface area contributed by atoms with Crippen LogP contribution in [0.5, 0.6) is 0 Å². The number of nitrogens with zero attached hydrogens (tertiary/aromatic N) is 2. The van der Waals surface area contributed by atoms with Crippen molar-refractivity contribution in [2.24, 2.45) is 0 Å². The number of nitrogens with one attached hydrogen (secondary N) is 1. The number of anilines is 1. The summed E-state index contributed by atoms with van der Waals surface area (Å²) in [5, 5.41) is 3.07. The summed E-state index contributed by atoms with van der Waals surface area (Å²) in [7, 11) is -3.94. The van der Waals surface area contributed by atoms with Gasteiger partial charge in [-0.3, -0.25) is 13.9 Å². The lowest BCUT2D eigenvalue weighted by Gasteiger charge is -2.32. The van der Waals surface area contributed by atoms with Crippen LogP contribution in [0.4, 0.5) is 10.1 Å². The minimum Gasteiger partial charge on any atom is -0.352 e. The van der Waals surface area contributed by atoms with Gasteiger partial charge in [-0.05, 0) is 56.7 Å². The van der Waals surface area contributed by atoms with Gasteiger partial charge in [-0.2, -0.15) is 0 Å². The Balaban J connectivity index is 2.42. The van der Waals surface area contributed by atoms with Crippen molar-refractivity contribution in [3.63, 3.8) is 0 Å². The van der Waals surface area contributed by atoms with Gasteiger partial charge >= 0.3 is 0 Å². The van der Waals surface area contributed by atoms with E-state index in [2.05, 4.69) is 5.32 Å². The predicted molar refractivity (Wildman–Crippen MR) is 128 cm³/mol. The monoisotopic (exact) mass is 517 g/mol. The average molecular weight is 518 g/mol. The molecule has 0 saturated heterocycles. The van der Waals surface area contributed by atoms with Crippen molar-refractivity contribution in [2.45, 2.75) is 39.4 Å². The Kier molecular flexibility index (Phi) is 9.11. The third-order valence-electron chi connectivity index (χ3n) is 4.72. The summed E-state index contributed by atoms with van der Waals surface area (Å²) >= 11 is 12.2. The highest BCUT2D eigenvalue weighted by molar-refractivity contribution is 7.92. The summed E-state index contributed by atoms with van der Waals surface area (Å²) < 4.78 is 39.2. The van der Waals surface area contributed by atoms with Gasteiger partial charge in [0.2, 0.25) is 21.8 Å². The zero-order valence-electron chi connectivity index (χ0n) is 18.7. The van der Waals surface area contributed by atoms with Crippen molar-refractivity contribution in [1.29, 1.82) is 0 Å². The number of hydrogen-bond acceptors (Lipinski definition) is 4. The van der Waals surface area contributed by atoms with Crippen LogP contribution in [0.25, 0.3) is 0 Å². The molecule has 0 spiro atoms. The summed E-state index contributed by atoms with van der Waals surface area (Å²) in [6.07, 6.45) is 0.941. The third-order valence-corrected chi connectivity index (χ3v) is 6.40. The second-order valence-electron chi connectivity index (χ2n) is 7.85. The second-order valence-corrected chi connectivity index (χ2v) is 10.6. The third kappa shape index (κ3) is 7.58. The summed E-state index contributed by atoms with van der Waals surface area (Å²) in [6, 6.07) is 8.64. The highest BCUT2D eigenvalue weighted by Crippen LogP contribution is 2.30. The zero-order valence-corrected chi connectivity index (χ0v) is 21.0. The van der Waals surface area contributed by atoms with Crippen LogP contribution in [0.1, 0.15) is 26.3 Å². The van der Waals surface area contributed by atoms with Crippen LogP contribution in [0.3, 0.4) is 0 Å². The molecule has 0 radical (unpaired) electrons. The Hall–Kier alpha value is -2.36. The van der Waals surface area contributed by atoms with E-state index >= 15 is 0 Å². The molecule has 0 heterocycles. The normalized spacial score (nSPS) is 12.4. The van der Waals surface area contributed by atoms with Crippen molar-refractivity contribution >= 4 is 50.7 Å². The average Bonchev–Trinajstić information content (AvgIpc) is 2.71. The molecule has 0 aromatic heterocycles. The van der Waals surface area contributed by atoms with Gasteiger partial charge in [0.15, 0.2) is 0 Å². The molecule has 2 aromatic carbocycles. The van der Waals surface area contributed by atoms with E-state index in [9.17, 15) is 22.4 Å². The first-order valence-electron chi connectivity index (χ1n) is 10.1. The Labute approximate surface area is 203 Å². The molecule has 11 heteroatoms. The van der Waals surface area contributed by atoms with Crippen LogP contribution < -0.4 is 9.62 Å². The maximum Gasteiger partial charge on any atom is 0.244 e. The van der Waals surface area contributed by atoms with Gasteiger partial charge in [0, 0.05) is 17.6 Å². The van der Waals surface area contributed by atoms with E-state index in [1.54, 1.807) is 13.8 Å². The molecule has 1 atom stereocenters. The van der Waals surface area contributed by atoms with Gasteiger partial charge in [0.1, 0.15) is 18.4 Å². The van der Waals surface area contributed by atoms with E-state index in [0.29, 0.717) is 5.56 Å². The fourth-order valence-electron chi connectivity index (χ4n) is 3.05. The summed E-state index contributed by atoms with van der Waals surface area (Å²) in [4.78, 5) is 27.3. The molecular formula is C22H26Cl2FN3O4S. The van der Waals surface area contributed by atoms with Crippen molar-refractivity contribution in [3.05, 3.63) is 63.9 Å². The quantitative estimate of drug-likeness (QED) is 0.547. The molecule has 2 aromatic rings. The van der Waals surface area contributed by atoms with Crippen LogP contribution in [-0.4, -0.2) is 50.0 Å². The summed E-state index contributed by atoms with van der Waals surface area (Å²) in [5.41, 5.74) is 0.613. The van der Waals surface area contributed by atoms with E-state index < -0.39 is 40.2 Å². The van der Waals surface area contributed by atoms with Crippen LogP contribution in [0.2, 0.25) is 10.0 Å². The number of benzene rings is 2. The van der Waals surface area contributed by atoms with Crippen LogP contribution in [-0.2, 0) is 26.2 Å². The van der Waals surface area contributed by atoms with Gasteiger partial charge in [-0.1, -0.05) is 35.3 Å². The Morgan fingerprint density at radius 2 is 1.67 bits per heavy atom. The fourth-order valence-corrected chi connectivity index (χ4v) is 4.34. The van der Waals surface area contributed by atoms with E-state index in [1.165, 1.54) is 54.3 Å². The first kappa shape index (κ1) is 26.9. The molecule has 1 unspecified atom stereocenters. The van der Waals surface area contributed by atoms with Crippen molar-refractivity contribution in [2.75, 3.05) is 17.1 Å². The molecular weight excluding hydrogens is 492 g/mol. The van der Waals surface area contributed by atoms with Gasteiger partial charge in [-0.25, -0.2) is 12.8 Å². The molecule has 1 N–H and O–H groups in total.